The van der Waals surface area contributed by atoms with Crippen LogP contribution in [0.1, 0.15) is 36.3 Å². The summed E-state index contributed by atoms with van der Waals surface area (Å²) in [6, 6.07) is 9.60. The molecular weight excluding hydrogens is 522 g/mol. The number of para-hydroxylation sites is 1. The van der Waals surface area contributed by atoms with Crippen LogP contribution in [0.3, 0.4) is 0 Å². The van der Waals surface area contributed by atoms with E-state index in [1.165, 1.54) is 30.3 Å². The van der Waals surface area contributed by atoms with Gasteiger partial charge in [-0.3, -0.25) is 4.79 Å². The van der Waals surface area contributed by atoms with Crippen molar-refractivity contribution in [2.75, 3.05) is 32.8 Å². The second-order valence-corrected chi connectivity index (χ2v) is 10.0. The first-order valence-corrected chi connectivity index (χ1v) is 12.8. The Hall–Kier alpha value is -3.54. The zero-order valence-electron chi connectivity index (χ0n) is 21.1. The summed E-state index contributed by atoms with van der Waals surface area (Å²) in [5.41, 5.74) is 0.157. The van der Waals surface area contributed by atoms with Crippen LogP contribution >= 0.6 is 0 Å². The van der Waals surface area contributed by atoms with Crippen LogP contribution < -0.4 is 20.1 Å². The topological polar surface area (TPSA) is 89.1 Å². The minimum Gasteiger partial charge on any atom is -0.488 e. The summed E-state index contributed by atoms with van der Waals surface area (Å²) in [5.74, 6) is -1.07. The lowest BCUT2D eigenvalue weighted by atomic mass is 9.71. The molecule has 3 fully saturated rings. The van der Waals surface area contributed by atoms with Crippen LogP contribution in [0.25, 0.3) is 0 Å². The number of halogens is 4. The Balaban J connectivity index is 1.32. The van der Waals surface area contributed by atoms with Crippen molar-refractivity contribution in [3.8, 4) is 11.5 Å². The van der Waals surface area contributed by atoms with Gasteiger partial charge in [-0.05, 0) is 25.0 Å². The third-order valence-electron chi connectivity index (χ3n) is 7.58. The zero-order valence-corrected chi connectivity index (χ0v) is 21.1. The molecule has 3 aliphatic rings. The summed E-state index contributed by atoms with van der Waals surface area (Å²) in [4.78, 5) is 27.1. The van der Waals surface area contributed by atoms with Gasteiger partial charge in [0.2, 0.25) is 5.91 Å². The number of alkyl halides is 3. The van der Waals surface area contributed by atoms with E-state index >= 15 is 0 Å². The summed E-state index contributed by atoms with van der Waals surface area (Å²) in [7, 11) is 0. The van der Waals surface area contributed by atoms with Crippen LogP contribution in [0.2, 0.25) is 0 Å². The number of ether oxygens (including phenoxy) is 3. The van der Waals surface area contributed by atoms with Crippen LogP contribution in [0.5, 0.6) is 11.5 Å². The van der Waals surface area contributed by atoms with Gasteiger partial charge in [0, 0.05) is 49.2 Å². The fourth-order valence-corrected chi connectivity index (χ4v) is 5.62. The van der Waals surface area contributed by atoms with Crippen molar-refractivity contribution in [1.29, 1.82) is 0 Å². The normalized spacial score (nSPS) is 22.8. The number of nitrogens with one attached hydrogen (secondary N) is 2. The average Bonchev–Trinajstić information content (AvgIpc) is 3.39. The standard InChI is InChI=1S/C27H29F4N3O5/c28-18-5-6-20(23(14-18)38-19-7-12-37-16-19)21-15-32-25(36)33-26(21)8-10-34(11-9-26)24(35)13-17-3-1-2-4-22(17)39-27(29,30)31/h1-6,14,19,21H,7-13,15-16H2,(H2,32,33,36)/t19-,21?/m1/s1. The maximum absolute atomic E-state index is 14.2. The number of benzene rings is 2. The molecule has 0 radical (unpaired) electrons. The molecule has 0 aliphatic carbocycles. The summed E-state index contributed by atoms with van der Waals surface area (Å²) >= 11 is 0. The van der Waals surface area contributed by atoms with E-state index in [0.717, 1.165) is 5.56 Å². The highest BCUT2D eigenvalue weighted by Crippen LogP contribution is 2.42. The number of carbonyl (C=O) groups excluding carboxylic acids is 2. The number of hydrogen-bond donors (Lipinski definition) is 2. The van der Waals surface area contributed by atoms with Gasteiger partial charge in [-0.25, -0.2) is 9.18 Å². The lowest BCUT2D eigenvalue weighted by Gasteiger charge is -2.50. The molecule has 2 atom stereocenters. The minimum absolute atomic E-state index is 0.136. The van der Waals surface area contributed by atoms with Crippen molar-refractivity contribution >= 4 is 11.9 Å². The molecule has 1 unspecified atom stereocenters. The summed E-state index contributed by atoms with van der Waals surface area (Å²) in [6.07, 6.45) is -3.82. The number of urea groups is 1. The number of piperidine rings is 1. The van der Waals surface area contributed by atoms with E-state index < -0.39 is 23.5 Å². The molecule has 3 aliphatic heterocycles. The van der Waals surface area contributed by atoms with Gasteiger partial charge < -0.3 is 29.7 Å². The Labute approximate surface area is 222 Å². The first kappa shape index (κ1) is 27.0. The van der Waals surface area contributed by atoms with Gasteiger partial charge in [0.1, 0.15) is 23.4 Å². The van der Waals surface area contributed by atoms with E-state index in [1.807, 2.05) is 0 Å². The van der Waals surface area contributed by atoms with E-state index in [1.54, 1.807) is 17.0 Å². The molecule has 0 bridgehead atoms. The van der Waals surface area contributed by atoms with E-state index in [9.17, 15) is 27.2 Å². The third kappa shape index (κ3) is 6.21. The average molecular weight is 552 g/mol. The highest BCUT2D eigenvalue weighted by molar-refractivity contribution is 5.80. The lowest BCUT2D eigenvalue weighted by Crippen LogP contribution is -2.66. The molecule has 2 aromatic rings. The van der Waals surface area contributed by atoms with Crippen LogP contribution in [-0.4, -0.2) is 67.7 Å². The maximum atomic E-state index is 14.2. The second-order valence-electron chi connectivity index (χ2n) is 10.0. The lowest BCUT2D eigenvalue weighted by molar-refractivity contribution is -0.274. The van der Waals surface area contributed by atoms with E-state index in [0.29, 0.717) is 44.8 Å². The number of carbonyl (C=O) groups is 2. The number of nitrogens with zero attached hydrogens (tertiary/aromatic N) is 1. The summed E-state index contributed by atoms with van der Waals surface area (Å²) < 4.78 is 68.2. The van der Waals surface area contributed by atoms with Crippen LogP contribution in [0, 0.1) is 5.82 Å². The highest BCUT2D eigenvalue weighted by atomic mass is 19.4. The quantitative estimate of drug-likeness (QED) is 0.532. The number of likely N-dealkylation sites (tertiary alicyclic amines) is 1. The Morgan fingerprint density at radius 2 is 1.90 bits per heavy atom. The zero-order chi connectivity index (χ0) is 27.6. The van der Waals surface area contributed by atoms with Crippen LogP contribution in [0.15, 0.2) is 42.5 Å². The molecule has 1 spiro atoms. The molecular formula is C27H29F4N3O5. The predicted molar refractivity (Wildman–Crippen MR) is 131 cm³/mol. The molecule has 3 saturated heterocycles. The van der Waals surface area contributed by atoms with Crippen LogP contribution in [0.4, 0.5) is 22.4 Å². The van der Waals surface area contributed by atoms with Gasteiger partial charge in [0.25, 0.3) is 0 Å². The highest BCUT2D eigenvalue weighted by Gasteiger charge is 2.47. The molecule has 5 rings (SSSR count). The SMILES string of the molecule is O=C1NCC(c2ccc(F)cc2O[C@@H]2CCOC2)C2(CCN(C(=O)Cc3ccccc3OC(F)(F)F)CC2)N1. The van der Waals surface area contributed by atoms with E-state index in [-0.39, 0.29) is 49.0 Å². The minimum atomic E-state index is -4.87. The fourth-order valence-electron chi connectivity index (χ4n) is 5.62. The summed E-state index contributed by atoms with van der Waals surface area (Å²) in [5, 5.41) is 5.87. The molecule has 12 heteroatoms. The molecule has 0 saturated carbocycles. The molecule has 3 amide bonds. The second kappa shape index (κ2) is 10.9. The number of amides is 3. The molecule has 39 heavy (non-hydrogen) atoms. The Morgan fingerprint density at radius 1 is 1.13 bits per heavy atom. The molecule has 2 N–H and O–H groups in total. The van der Waals surface area contributed by atoms with Crippen molar-refractivity contribution in [2.24, 2.45) is 0 Å². The molecule has 3 heterocycles. The van der Waals surface area contributed by atoms with Gasteiger partial charge >= 0.3 is 12.4 Å². The Kier molecular flexibility index (Phi) is 7.57. The molecule has 8 nitrogen and oxygen atoms in total. The van der Waals surface area contributed by atoms with Gasteiger partial charge in [0.15, 0.2) is 0 Å². The summed E-state index contributed by atoms with van der Waals surface area (Å²) in [6.45, 7) is 1.84. The first-order valence-electron chi connectivity index (χ1n) is 12.8. The van der Waals surface area contributed by atoms with Gasteiger partial charge in [-0.2, -0.15) is 0 Å². The molecule has 2 aromatic carbocycles. The smallest absolute Gasteiger partial charge is 0.488 e. The molecule has 0 aromatic heterocycles. The van der Waals surface area contributed by atoms with Crippen molar-refractivity contribution in [2.45, 2.75) is 49.6 Å². The van der Waals surface area contributed by atoms with E-state index in [2.05, 4.69) is 15.4 Å². The van der Waals surface area contributed by atoms with Crippen molar-refractivity contribution in [1.82, 2.24) is 15.5 Å². The van der Waals surface area contributed by atoms with Gasteiger partial charge in [-0.15, -0.1) is 13.2 Å². The van der Waals surface area contributed by atoms with Crippen molar-refractivity contribution < 1.29 is 41.4 Å². The predicted octanol–water partition coefficient (Wildman–Crippen LogP) is 3.89. The maximum Gasteiger partial charge on any atom is 0.573 e. The Morgan fingerprint density at radius 3 is 2.62 bits per heavy atom. The number of rotatable bonds is 6. The first-order chi connectivity index (χ1) is 18.6. The van der Waals surface area contributed by atoms with Crippen molar-refractivity contribution in [3.05, 3.63) is 59.4 Å². The number of hydrogen-bond acceptors (Lipinski definition) is 5. The van der Waals surface area contributed by atoms with Crippen molar-refractivity contribution in [3.63, 3.8) is 0 Å². The largest absolute Gasteiger partial charge is 0.573 e. The van der Waals surface area contributed by atoms with Gasteiger partial charge in [0.05, 0.1) is 25.2 Å². The van der Waals surface area contributed by atoms with Crippen LogP contribution in [-0.2, 0) is 16.0 Å². The van der Waals surface area contributed by atoms with E-state index in [4.69, 9.17) is 9.47 Å². The molecule has 210 valence electrons. The van der Waals surface area contributed by atoms with Gasteiger partial charge in [-0.1, -0.05) is 24.3 Å². The monoisotopic (exact) mass is 551 g/mol. The Bertz CT molecular complexity index is 1210. The third-order valence-corrected chi connectivity index (χ3v) is 7.58. The fraction of sp³-hybridized carbons (Fsp3) is 0.481.